The minimum absolute atomic E-state index is 0.00544. The van der Waals surface area contributed by atoms with Gasteiger partial charge in [0.25, 0.3) is 0 Å². The molecule has 77 heavy (non-hydrogen) atoms. The highest BCUT2D eigenvalue weighted by molar-refractivity contribution is 5.76. The quantitative estimate of drug-likeness (QED) is 0.0320. The van der Waals surface area contributed by atoms with E-state index in [-0.39, 0.29) is 18.5 Å². The van der Waals surface area contributed by atoms with Gasteiger partial charge in [-0.25, -0.2) is 0 Å². The normalized spacial score (nSPS) is 12.9. The largest absolute Gasteiger partial charge is 0.466 e. The number of hydrogen-bond acceptors (Lipinski definition) is 5. The van der Waals surface area contributed by atoms with Gasteiger partial charge in [-0.05, 0) is 89.9 Å². The topological polar surface area (TPSA) is 95.9 Å². The summed E-state index contributed by atoms with van der Waals surface area (Å²) in [5.41, 5.74) is 0. The Morgan fingerprint density at radius 3 is 1.04 bits per heavy atom. The van der Waals surface area contributed by atoms with E-state index >= 15 is 0 Å². The number of allylic oxidation sites excluding steroid dienone is 9. The van der Waals surface area contributed by atoms with E-state index in [2.05, 4.69) is 67.8 Å². The third-order valence-electron chi connectivity index (χ3n) is 15.5. The third kappa shape index (κ3) is 62.6. The molecule has 2 unspecified atom stereocenters. The maximum Gasteiger partial charge on any atom is 0.305 e. The van der Waals surface area contributed by atoms with Crippen molar-refractivity contribution >= 4 is 11.9 Å². The zero-order valence-electron chi connectivity index (χ0n) is 51.4. The van der Waals surface area contributed by atoms with Crippen molar-refractivity contribution in [2.45, 2.75) is 366 Å². The highest BCUT2D eigenvalue weighted by atomic mass is 16.5. The standard InChI is InChI=1S/C71H131NO5/c1-3-5-7-9-11-13-15-17-18-19-20-30-33-36-40-43-47-51-55-59-63-69(74)68(67-73)72-70(75)64-60-56-52-48-44-41-37-34-31-28-26-24-22-21-23-25-27-29-32-35-38-42-46-50-54-58-62-66-77-71(76)65-61-57-53-49-45-39-16-14-12-10-8-6-4-2/h8,10,14,16,21-22,25,27,59,63,68-69,73-74H,3-7,9,11-13,15,17-20,23-24,26,28-58,60-62,64-67H2,1-2H3,(H,72,75)/b10-8-,16-14-,22-21-,27-25-,63-59+. The summed E-state index contributed by atoms with van der Waals surface area (Å²) in [4.78, 5) is 24.5. The van der Waals surface area contributed by atoms with E-state index in [1.807, 2.05) is 6.08 Å². The molecule has 0 aliphatic rings. The Labute approximate surface area is 479 Å². The van der Waals surface area contributed by atoms with Gasteiger partial charge in [0.1, 0.15) is 0 Å². The van der Waals surface area contributed by atoms with Crippen molar-refractivity contribution in [2.75, 3.05) is 13.2 Å². The maximum absolute atomic E-state index is 12.5. The molecule has 0 aliphatic carbocycles. The number of amides is 1. The summed E-state index contributed by atoms with van der Waals surface area (Å²) in [5.74, 6) is -0.0745. The van der Waals surface area contributed by atoms with Gasteiger partial charge in [0.2, 0.25) is 5.91 Å². The zero-order valence-corrected chi connectivity index (χ0v) is 51.4. The van der Waals surface area contributed by atoms with Crippen LogP contribution in [-0.2, 0) is 14.3 Å². The van der Waals surface area contributed by atoms with Crippen molar-refractivity contribution in [2.24, 2.45) is 0 Å². The lowest BCUT2D eigenvalue weighted by Crippen LogP contribution is -2.45. The number of aliphatic hydroxyl groups excluding tert-OH is 2. The van der Waals surface area contributed by atoms with Crippen LogP contribution in [0.4, 0.5) is 0 Å². The molecule has 3 N–H and O–H groups in total. The number of unbranched alkanes of at least 4 members (excludes halogenated alkanes) is 44. The van der Waals surface area contributed by atoms with Gasteiger partial charge in [-0.15, -0.1) is 0 Å². The number of carbonyl (C=O) groups excluding carboxylic acids is 2. The van der Waals surface area contributed by atoms with Crippen molar-refractivity contribution in [3.63, 3.8) is 0 Å². The monoisotopic (exact) mass is 1080 g/mol. The van der Waals surface area contributed by atoms with Gasteiger partial charge in [0, 0.05) is 12.8 Å². The van der Waals surface area contributed by atoms with Crippen LogP contribution >= 0.6 is 0 Å². The number of aliphatic hydroxyl groups is 2. The van der Waals surface area contributed by atoms with E-state index < -0.39 is 12.1 Å². The maximum atomic E-state index is 12.5. The first-order chi connectivity index (χ1) is 38.0. The molecule has 0 aromatic rings. The number of esters is 1. The molecule has 6 heteroatoms. The molecular weight excluding hydrogens is 947 g/mol. The third-order valence-corrected chi connectivity index (χ3v) is 15.5. The number of nitrogens with one attached hydrogen (secondary N) is 1. The summed E-state index contributed by atoms with van der Waals surface area (Å²) in [6.07, 6.45) is 87.1. The molecule has 0 bridgehead atoms. The Balaban J connectivity index is 3.46. The summed E-state index contributed by atoms with van der Waals surface area (Å²) in [6, 6.07) is -0.632. The molecule has 0 fully saturated rings. The lowest BCUT2D eigenvalue weighted by atomic mass is 10.0. The number of rotatable bonds is 63. The van der Waals surface area contributed by atoms with Gasteiger partial charge in [0.05, 0.1) is 25.4 Å². The van der Waals surface area contributed by atoms with Gasteiger partial charge in [0.15, 0.2) is 0 Å². The van der Waals surface area contributed by atoms with Crippen LogP contribution < -0.4 is 5.32 Å². The van der Waals surface area contributed by atoms with Crippen molar-refractivity contribution < 1.29 is 24.5 Å². The van der Waals surface area contributed by atoms with E-state index in [1.54, 1.807) is 6.08 Å². The highest BCUT2D eigenvalue weighted by Gasteiger charge is 2.18. The van der Waals surface area contributed by atoms with Crippen molar-refractivity contribution in [3.8, 4) is 0 Å². The van der Waals surface area contributed by atoms with Crippen LogP contribution in [0.1, 0.15) is 354 Å². The van der Waals surface area contributed by atoms with E-state index in [4.69, 9.17) is 4.74 Å². The first-order valence-corrected chi connectivity index (χ1v) is 34.1. The van der Waals surface area contributed by atoms with Crippen LogP contribution in [0.2, 0.25) is 0 Å². The van der Waals surface area contributed by atoms with Gasteiger partial charge >= 0.3 is 5.97 Å². The molecule has 0 aromatic carbocycles. The van der Waals surface area contributed by atoms with Crippen LogP contribution in [0, 0.1) is 0 Å². The molecule has 450 valence electrons. The van der Waals surface area contributed by atoms with E-state index in [0.717, 1.165) is 57.8 Å². The number of carbonyl (C=O) groups is 2. The Hall–Kier alpha value is -2.44. The summed E-state index contributed by atoms with van der Waals surface area (Å²) >= 11 is 0. The molecular formula is C71H131NO5. The van der Waals surface area contributed by atoms with Crippen LogP contribution in [-0.4, -0.2) is 47.4 Å². The van der Waals surface area contributed by atoms with Gasteiger partial charge in [-0.1, -0.05) is 312 Å². The first kappa shape index (κ1) is 74.6. The van der Waals surface area contributed by atoms with E-state index in [0.29, 0.717) is 19.4 Å². The second-order valence-corrected chi connectivity index (χ2v) is 23.1. The van der Waals surface area contributed by atoms with Gasteiger partial charge < -0.3 is 20.3 Å². The lowest BCUT2D eigenvalue weighted by Gasteiger charge is -2.20. The molecule has 0 aliphatic heterocycles. The molecule has 1 amide bonds. The molecule has 0 saturated heterocycles. The zero-order chi connectivity index (χ0) is 55.7. The smallest absolute Gasteiger partial charge is 0.305 e. The highest BCUT2D eigenvalue weighted by Crippen LogP contribution is 2.17. The second kappa shape index (κ2) is 66.1. The fourth-order valence-electron chi connectivity index (χ4n) is 10.3. The van der Waals surface area contributed by atoms with E-state index in [1.165, 1.54) is 270 Å². The van der Waals surface area contributed by atoms with Crippen LogP contribution in [0.25, 0.3) is 0 Å². The van der Waals surface area contributed by atoms with Crippen molar-refractivity contribution in [3.05, 3.63) is 60.8 Å². The van der Waals surface area contributed by atoms with Gasteiger partial charge in [-0.2, -0.15) is 0 Å². The molecule has 2 atom stereocenters. The minimum atomic E-state index is -0.849. The van der Waals surface area contributed by atoms with Crippen LogP contribution in [0.5, 0.6) is 0 Å². The number of hydrogen-bond donors (Lipinski definition) is 3. The fraction of sp³-hybridized carbons (Fsp3) is 0.831. The number of ether oxygens (including phenoxy) is 1. The predicted molar refractivity (Wildman–Crippen MR) is 338 cm³/mol. The summed E-state index contributed by atoms with van der Waals surface area (Å²) in [6.45, 7) is 4.85. The molecule has 6 nitrogen and oxygen atoms in total. The van der Waals surface area contributed by atoms with Crippen molar-refractivity contribution in [1.29, 1.82) is 0 Å². The van der Waals surface area contributed by atoms with Gasteiger partial charge in [-0.3, -0.25) is 9.59 Å². The van der Waals surface area contributed by atoms with E-state index in [9.17, 15) is 19.8 Å². The van der Waals surface area contributed by atoms with Crippen LogP contribution in [0.3, 0.4) is 0 Å². The Morgan fingerprint density at radius 2 is 0.675 bits per heavy atom. The van der Waals surface area contributed by atoms with Crippen LogP contribution in [0.15, 0.2) is 60.8 Å². The molecule has 0 heterocycles. The van der Waals surface area contributed by atoms with Crippen molar-refractivity contribution in [1.82, 2.24) is 5.32 Å². The summed E-state index contributed by atoms with van der Waals surface area (Å²) in [5, 5.41) is 23.2. The molecule has 0 rings (SSSR count). The molecule has 0 saturated carbocycles. The Morgan fingerprint density at radius 1 is 0.364 bits per heavy atom. The SMILES string of the molecule is CCC/C=C\C/C=C\CCCCCCCC(=O)OCCCCCCCCCCC/C=C\C/C=C\CCCCCCCCCCCCCC(=O)NC(CO)C(O)/C=C/CCCCCCCCCCCCCCCCCCCC. The predicted octanol–water partition coefficient (Wildman–Crippen LogP) is 21.9. The molecule has 0 spiro atoms. The summed E-state index contributed by atoms with van der Waals surface area (Å²) in [7, 11) is 0. The average Bonchev–Trinajstić information content (AvgIpc) is 3.43. The Kier molecular flexibility index (Phi) is 64.0. The molecule has 0 aromatic heterocycles. The lowest BCUT2D eigenvalue weighted by molar-refractivity contribution is -0.143. The Bertz CT molecular complexity index is 1340. The molecule has 0 radical (unpaired) electrons. The summed E-state index contributed by atoms with van der Waals surface area (Å²) < 4.78 is 5.47. The minimum Gasteiger partial charge on any atom is -0.466 e. The first-order valence-electron chi connectivity index (χ1n) is 34.1. The second-order valence-electron chi connectivity index (χ2n) is 23.1. The fourth-order valence-corrected chi connectivity index (χ4v) is 10.3. The average molecular weight is 1080 g/mol.